The fourth-order valence-corrected chi connectivity index (χ4v) is 2.16. The van der Waals surface area contributed by atoms with Crippen LogP contribution in [0.2, 0.25) is 5.02 Å². The Balaban J connectivity index is 2.01. The summed E-state index contributed by atoms with van der Waals surface area (Å²) in [6.45, 7) is -0.106. The van der Waals surface area contributed by atoms with Crippen LogP contribution in [0.25, 0.3) is 0 Å². The molecule has 0 unspecified atom stereocenters. The molecule has 0 saturated carbocycles. The molecule has 1 aromatic carbocycles. The summed E-state index contributed by atoms with van der Waals surface area (Å²) in [5.74, 6) is -3.01. The van der Waals surface area contributed by atoms with Gasteiger partial charge in [0.1, 0.15) is 17.2 Å². The number of halogens is 6. The van der Waals surface area contributed by atoms with Gasteiger partial charge in [-0.1, -0.05) is 17.7 Å². The maximum absolute atomic E-state index is 13.4. The van der Waals surface area contributed by atoms with Crippen molar-refractivity contribution in [2.24, 2.45) is 0 Å². The lowest BCUT2D eigenvalue weighted by Gasteiger charge is -2.10. The Kier molecular flexibility index (Phi) is 5.38. The molecule has 0 saturated heterocycles. The van der Waals surface area contributed by atoms with Crippen molar-refractivity contribution in [1.29, 1.82) is 0 Å². The number of hydrogen-bond acceptors (Lipinski definition) is 2. The maximum Gasteiger partial charge on any atom is 0.417 e. The lowest BCUT2D eigenvalue weighted by Crippen LogP contribution is -2.27. The Bertz CT molecular complexity index is 744. The number of rotatable bonds is 4. The minimum absolute atomic E-state index is 0.00121. The summed E-state index contributed by atoms with van der Waals surface area (Å²) < 4.78 is 64.3. The van der Waals surface area contributed by atoms with Gasteiger partial charge in [-0.25, -0.2) is 8.78 Å². The van der Waals surface area contributed by atoms with Crippen molar-refractivity contribution in [3.8, 4) is 0 Å². The van der Waals surface area contributed by atoms with Gasteiger partial charge in [0.25, 0.3) is 5.91 Å². The van der Waals surface area contributed by atoms with E-state index in [4.69, 9.17) is 11.6 Å². The molecule has 3 nitrogen and oxygen atoms in total. The van der Waals surface area contributed by atoms with Gasteiger partial charge in [-0.2, -0.15) is 13.2 Å². The third-order valence-corrected chi connectivity index (χ3v) is 3.41. The number of carbonyl (C=O) groups is 1. The Hall–Kier alpha value is -2.22. The summed E-state index contributed by atoms with van der Waals surface area (Å²) in [6, 6.07) is 3.72. The topological polar surface area (TPSA) is 42.0 Å². The maximum atomic E-state index is 13.4. The standard InChI is InChI=1S/C15H10ClF5N2O/c16-9-6-8(15(19,20)21)7-23-12(9)4-5-22-14(24)13-10(17)2-1-3-11(13)18/h1-3,6-7H,4-5H2,(H,22,24). The van der Waals surface area contributed by atoms with Crippen molar-refractivity contribution in [2.45, 2.75) is 12.6 Å². The first-order valence-corrected chi connectivity index (χ1v) is 7.01. The minimum atomic E-state index is -4.56. The molecule has 0 aliphatic carbocycles. The Labute approximate surface area is 138 Å². The van der Waals surface area contributed by atoms with Gasteiger partial charge in [-0.3, -0.25) is 9.78 Å². The van der Waals surface area contributed by atoms with E-state index in [0.29, 0.717) is 6.20 Å². The highest BCUT2D eigenvalue weighted by atomic mass is 35.5. The number of nitrogens with zero attached hydrogens (tertiary/aromatic N) is 1. The van der Waals surface area contributed by atoms with Crippen LogP contribution >= 0.6 is 11.6 Å². The third kappa shape index (κ3) is 4.19. The van der Waals surface area contributed by atoms with Crippen molar-refractivity contribution in [3.05, 3.63) is 63.9 Å². The van der Waals surface area contributed by atoms with Crippen LogP contribution < -0.4 is 5.32 Å². The Morgan fingerprint density at radius 3 is 2.38 bits per heavy atom. The van der Waals surface area contributed by atoms with E-state index in [1.54, 1.807) is 0 Å². The molecule has 0 aliphatic heterocycles. The van der Waals surface area contributed by atoms with Gasteiger partial charge in [-0.05, 0) is 18.2 Å². The molecule has 0 atom stereocenters. The minimum Gasteiger partial charge on any atom is -0.351 e. The second-order valence-corrected chi connectivity index (χ2v) is 5.16. The molecule has 0 fully saturated rings. The molecule has 24 heavy (non-hydrogen) atoms. The lowest BCUT2D eigenvalue weighted by molar-refractivity contribution is -0.137. The van der Waals surface area contributed by atoms with Crippen LogP contribution in [-0.2, 0) is 12.6 Å². The normalized spacial score (nSPS) is 11.4. The van der Waals surface area contributed by atoms with Crippen molar-refractivity contribution in [1.82, 2.24) is 10.3 Å². The predicted octanol–water partition coefficient (Wildman–Crippen LogP) is 4.00. The zero-order valence-electron chi connectivity index (χ0n) is 11.9. The lowest BCUT2D eigenvalue weighted by atomic mass is 10.1. The molecule has 0 spiro atoms. The van der Waals surface area contributed by atoms with Gasteiger partial charge in [0.2, 0.25) is 0 Å². The van der Waals surface area contributed by atoms with Crippen LogP contribution in [0.1, 0.15) is 21.6 Å². The zero-order valence-corrected chi connectivity index (χ0v) is 12.7. The highest BCUT2D eigenvalue weighted by Crippen LogP contribution is 2.31. The first-order valence-electron chi connectivity index (χ1n) is 6.64. The number of nitrogens with one attached hydrogen (secondary N) is 1. The average molecular weight is 365 g/mol. The number of carbonyl (C=O) groups excluding carboxylic acids is 1. The van der Waals surface area contributed by atoms with E-state index in [1.807, 2.05) is 0 Å². The van der Waals surface area contributed by atoms with Gasteiger partial charge in [0.15, 0.2) is 0 Å². The van der Waals surface area contributed by atoms with Gasteiger partial charge in [0.05, 0.1) is 16.3 Å². The Morgan fingerprint density at radius 2 is 1.83 bits per heavy atom. The first kappa shape index (κ1) is 18.1. The molecule has 0 aliphatic rings. The number of pyridine rings is 1. The number of amides is 1. The van der Waals surface area contributed by atoms with E-state index < -0.39 is 34.8 Å². The largest absolute Gasteiger partial charge is 0.417 e. The molecule has 128 valence electrons. The summed E-state index contributed by atoms with van der Waals surface area (Å²) in [6.07, 6.45) is -3.94. The van der Waals surface area contributed by atoms with Crippen LogP contribution in [0.5, 0.6) is 0 Å². The van der Waals surface area contributed by atoms with E-state index in [1.165, 1.54) is 0 Å². The van der Waals surface area contributed by atoms with Crippen molar-refractivity contribution >= 4 is 17.5 Å². The molecule has 9 heteroatoms. The van der Waals surface area contributed by atoms with Crippen molar-refractivity contribution in [2.75, 3.05) is 6.54 Å². The highest BCUT2D eigenvalue weighted by molar-refractivity contribution is 6.31. The quantitative estimate of drug-likeness (QED) is 0.833. The summed E-state index contributed by atoms with van der Waals surface area (Å²) in [5, 5.41) is 2.05. The SMILES string of the molecule is O=C(NCCc1ncc(C(F)(F)F)cc1Cl)c1c(F)cccc1F. The van der Waals surface area contributed by atoms with Crippen LogP contribution in [0.3, 0.4) is 0 Å². The van der Waals surface area contributed by atoms with E-state index in [0.717, 1.165) is 24.3 Å². The number of alkyl halides is 3. The second kappa shape index (κ2) is 7.12. The predicted molar refractivity (Wildman–Crippen MR) is 76.6 cm³/mol. The molecule has 1 aromatic heterocycles. The van der Waals surface area contributed by atoms with E-state index in [2.05, 4.69) is 10.3 Å². The van der Waals surface area contributed by atoms with Crippen LogP contribution in [0.15, 0.2) is 30.5 Å². The van der Waals surface area contributed by atoms with Crippen molar-refractivity contribution < 1.29 is 26.7 Å². The molecular formula is C15H10ClF5N2O. The monoisotopic (exact) mass is 364 g/mol. The molecular weight excluding hydrogens is 355 g/mol. The summed E-state index contributed by atoms with van der Waals surface area (Å²) in [4.78, 5) is 15.4. The molecule has 1 amide bonds. The molecule has 2 aromatic rings. The Morgan fingerprint density at radius 1 is 1.21 bits per heavy atom. The number of aromatic nitrogens is 1. The van der Waals surface area contributed by atoms with E-state index in [-0.39, 0.29) is 23.7 Å². The number of benzene rings is 1. The first-order chi connectivity index (χ1) is 11.2. The number of hydrogen-bond donors (Lipinski definition) is 1. The highest BCUT2D eigenvalue weighted by Gasteiger charge is 2.31. The molecule has 0 bridgehead atoms. The smallest absolute Gasteiger partial charge is 0.351 e. The molecule has 0 radical (unpaired) electrons. The molecule has 1 N–H and O–H groups in total. The zero-order chi connectivity index (χ0) is 17.9. The van der Waals surface area contributed by atoms with Crippen LogP contribution in [0, 0.1) is 11.6 Å². The van der Waals surface area contributed by atoms with Gasteiger partial charge < -0.3 is 5.32 Å². The van der Waals surface area contributed by atoms with Crippen molar-refractivity contribution in [3.63, 3.8) is 0 Å². The summed E-state index contributed by atoms with van der Waals surface area (Å²) >= 11 is 5.72. The third-order valence-electron chi connectivity index (χ3n) is 3.08. The average Bonchev–Trinajstić information content (AvgIpc) is 2.47. The second-order valence-electron chi connectivity index (χ2n) is 4.75. The fourth-order valence-electron chi connectivity index (χ4n) is 1.90. The summed E-state index contributed by atoms with van der Waals surface area (Å²) in [7, 11) is 0. The van der Waals surface area contributed by atoms with E-state index in [9.17, 15) is 26.7 Å². The summed E-state index contributed by atoms with van der Waals surface area (Å²) in [5.41, 5.74) is -1.60. The molecule has 1 heterocycles. The van der Waals surface area contributed by atoms with Gasteiger partial charge in [0, 0.05) is 19.2 Å². The van der Waals surface area contributed by atoms with E-state index >= 15 is 0 Å². The van der Waals surface area contributed by atoms with Gasteiger partial charge in [-0.15, -0.1) is 0 Å². The fraction of sp³-hybridized carbons (Fsp3) is 0.200. The van der Waals surface area contributed by atoms with Crippen LogP contribution in [0.4, 0.5) is 22.0 Å². The van der Waals surface area contributed by atoms with Gasteiger partial charge >= 0.3 is 6.18 Å². The molecule has 2 rings (SSSR count). The van der Waals surface area contributed by atoms with Crippen LogP contribution in [-0.4, -0.2) is 17.4 Å².